The Kier molecular flexibility index (Phi) is 7.85. The van der Waals surface area contributed by atoms with E-state index in [1.54, 1.807) is 24.0 Å². The van der Waals surface area contributed by atoms with Crippen molar-refractivity contribution in [3.8, 4) is 5.75 Å². The largest absolute Gasteiger partial charge is 0.484 e. The number of likely N-dealkylation sites (N-methyl/N-ethyl adjacent to an activating group) is 1. The van der Waals surface area contributed by atoms with E-state index < -0.39 is 6.04 Å². The van der Waals surface area contributed by atoms with Crippen molar-refractivity contribution in [2.75, 3.05) is 13.2 Å². The van der Waals surface area contributed by atoms with Crippen molar-refractivity contribution >= 4 is 27.7 Å². The van der Waals surface area contributed by atoms with Gasteiger partial charge in [0.05, 0.1) is 0 Å². The van der Waals surface area contributed by atoms with Crippen molar-refractivity contribution in [2.45, 2.75) is 33.4 Å². The van der Waals surface area contributed by atoms with Gasteiger partial charge in [-0.05, 0) is 56.2 Å². The highest BCUT2D eigenvalue weighted by molar-refractivity contribution is 9.10. The van der Waals surface area contributed by atoms with Crippen LogP contribution in [-0.2, 0) is 16.1 Å². The number of aryl methyl sites for hydroxylation is 1. The van der Waals surface area contributed by atoms with Crippen LogP contribution in [0, 0.1) is 6.92 Å². The smallest absolute Gasteiger partial charge is 0.261 e. The number of hydrogen-bond donors (Lipinski definition) is 1. The Labute approximate surface area is 168 Å². The van der Waals surface area contributed by atoms with Gasteiger partial charge in [0.25, 0.3) is 5.91 Å². The molecule has 144 valence electrons. The van der Waals surface area contributed by atoms with Gasteiger partial charge < -0.3 is 15.0 Å². The lowest BCUT2D eigenvalue weighted by atomic mass is 10.1. The van der Waals surface area contributed by atoms with Gasteiger partial charge in [-0.2, -0.15) is 0 Å². The standard InChI is InChI=1S/C21H25BrN2O3/c1-4-23-21(26)16(3)24(13-17-8-6-5-7-15(17)2)20(25)14-27-19-11-9-18(22)10-12-19/h5-12,16H,4,13-14H2,1-3H3,(H,23,26). The normalized spacial score (nSPS) is 11.6. The number of benzene rings is 2. The van der Waals surface area contributed by atoms with E-state index in [0.29, 0.717) is 18.8 Å². The fraction of sp³-hybridized carbons (Fsp3) is 0.333. The Morgan fingerprint density at radius 2 is 1.81 bits per heavy atom. The third kappa shape index (κ3) is 6.10. The van der Waals surface area contributed by atoms with Crippen LogP contribution in [0.4, 0.5) is 0 Å². The minimum Gasteiger partial charge on any atom is -0.484 e. The number of carbonyl (C=O) groups excluding carboxylic acids is 2. The van der Waals surface area contributed by atoms with Crippen molar-refractivity contribution in [1.82, 2.24) is 10.2 Å². The Morgan fingerprint density at radius 1 is 1.15 bits per heavy atom. The quantitative estimate of drug-likeness (QED) is 0.691. The van der Waals surface area contributed by atoms with Crippen LogP contribution in [0.5, 0.6) is 5.75 Å². The summed E-state index contributed by atoms with van der Waals surface area (Å²) in [6, 6.07) is 14.5. The number of halogens is 1. The van der Waals surface area contributed by atoms with Gasteiger partial charge in [-0.25, -0.2) is 0 Å². The van der Waals surface area contributed by atoms with Gasteiger partial charge in [0.2, 0.25) is 5.91 Å². The highest BCUT2D eigenvalue weighted by Crippen LogP contribution is 2.17. The molecule has 0 fully saturated rings. The van der Waals surface area contributed by atoms with Gasteiger partial charge >= 0.3 is 0 Å². The maximum Gasteiger partial charge on any atom is 0.261 e. The summed E-state index contributed by atoms with van der Waals surface area (Å²) in [6.07, 6.45) is 0. The molecule has 0 aliphatic heterocycles. The lowest BCUT2D eigenvalue weighted by molar-refractivity contribution is -0.142. The van der Waals surface area contributed by atoms with Gasteiger partial charge in [-0.15, -0.1) is 0 Å². The Bertz CT molecular complexity index is 777. The second kappa shape index (κ2) is 10.1. The fourth-order valence-corrected chi connectivity index (χ4v) is 2.90. The molecule has 2 amide bonds. The summed E-state index contributed by atoms with van der Waals surface area (Å²) in [5, 5.41) is 2.78. The summed E-state index contributed by atoms with van der Waals surface area (Å²) >= 11 is 3.37. The molecule has 0 aliphatic rings. The molecule has 0 spiro atoms. The van der Waals surface area contributed by atoms with E-state index >= 15 is 0 Å². The number of nitrogens with one attached hydrogen (secondary N) is 1. The summed E-state index contributed by atoms with van der Waals surface area (Å²) in [7, 11) is 0. The molecule has 1 unspecified atom stereocenters. The minimum absolute atomic E-state index is 0.128. The predicted octanol–water partition coefficient (Wildman–Crippen LogP) is 3.69. The number of carbonyl (C=O) groups is 2. The zero-order chi connectivity index (χ0) is 19.8. The number of ether oxygens (including phenoxy) is 1. The Balaban J connectivity index is 2.14. The van der Waals surface area contributed by atoms with E-state index in [2.05, 4.69) is 21.2 Å². The molecule has 27 heavy (non-hydrogen) atoms. The molecule has 0 heterocycles. The number of rotatable bonds is 8. The van der Waals surface area contributed by atoms with Crippen LogP contribution in [-0.4, -0.2) is 35.9 Å². The molecule has 2 rings (SSSR count). The van der Waals surface area contributed by atoms with Crippen molar-refractivity contribution in [3.05, 3.63) is 64.1 Å². The van der Waals surface area contributed by atoms with Gasteiger partial charge in [0, 0.05) is 17.6 Å². The molecule has 5 nitrogen and oxygen atoms in total. The first-order valence-corrected chi connectivity index (χ1v) is 9.71. The molecule has 1 atom stereocenters. The summed E-state index contributed by atoms with van der Waals surface area (Å²) in [5.41, 5.74) is 2.08. The van der Waals surface area contributed by atoms with E-state index in [4.69, 9.17) is 4.74 Å². The molecule has 0 radical (unpaired) electrons. The lowest BCUT2D eigenvalue weighted by Gasteiger charge is -2.29. The van der Waals surface area contributed by atoms with Crippen molar-refractivity contribution in [3.63, 3.8) is 0 Å². The third-order valence-electron chi connectivity index (χ3n) is 4.30. The van der Waals surface area contributed by atoms with Crippen LogP contribution >= 0.6 is 15.9 Å². The number of nitrogens with zero attached hydrogens (tertiary/aromatic N) is 1. The summed E-state index contributed by atoms with van der Waals surface area (Å²) in [5.74, 6) is 0.191. The predicted molar refractivity (Wildman–Crippen MR) is 110 cm³/mol. The minimum atomic E-state index is -0.592. The Morgan fingerprint density at radius 3 is 2.44 bits per heavy atom. The second-order valence-corrected chi connectivity index (χ2v) is 7.18. The second-order valence-electron chi connectivity index (χ2n) is 6.26. The molecular weight excluding hydrogens is 408 g/mol. The average molecular weight is 433 g/mol. The lowest BCUT2D eigenvalue weighted by Crippen LogP contribution is -2.49. The van der Waals surface area contributed by atoms with Crippen molar-refractivity contribution in [2.24, 2.45) is 0 Å². The van der Waals surface area contributed by atoms with Crippen LogP contribution in [0.2, 0.25) is 0 Å². The number of amides is 2. The highest BCUT2D eigenvalue weighted by Gasteiger charge is 2.26. The molecule has 0 bridgehead atoms. The van der Waals surface area contributed by atoms with E-state index in [0.717, 1.165) is 15.6 Å². The van der Waals surface area contributed by atoms with E-state index in [1.807, 2.05) is 50.2 Å². The number of hydrogen-bond acceptors (Lipinski definition) is 3. The Hall–Kier alpha value is -2.34. The molecule has 6 heteroatoms. The zero-order valence-corrected chi connectivity index (χ0v) is 17.5. The zero-order valence-electron chi connectivity index (χ0n) is 15.9. The van der Waals surface area contributed by atoms with E-state index in [-0.39, 0.29) is 18.4 Å². The van der Waals surface area contributed by atoms with Gasteiger partial charge in [-0.3, -0.25) is 9.59 Å². The molecule has 0 saturated carbocycles. The molecule has 0 saturated heterocycles. The molecule has 0 aliphatic carbocycles. The van der Waals surface area contributed by atoms with Gasteiger partial charge in [0.1, 0.15) is 11.8 Å². The van der Waals surface area contributed by atoms with Crippen LogP contribution in [0.1, 0.15) is 25.0 Å². The van der Waals surface area contributed by atoms with Crippen molar-refractivity contribution in [1.29, 1.82) is 0 Å². The van der Waals surface area contributed by atoms with Crippen molar-refractivity contribution < 1.29 is 14.3 Å². The molecule has 1 N–H and O–H groups in total. The van der Waals surface area contributed by atoms with Crippen LogP contribution in [0.3, 0.4) is 0 Å². The van der Waals surface area contributed by atoms with Crippen LogP contribution in [0.25, 0.3) is 0 Å². The maximum absolute atomic E-state index is 12.9. The molecular formula is C21H25BrN2O3. The summed E-state index contributed by atoms with van der Waals surface area (Å²) in [6.45, 7) is 6.33. The fourth-order valence-electron chi connectivity index (χ4n) is 2.63. The van der Waals surface area contributed by atoms with Crippen LogP contribution in [0.15, 0.2) is 53.0 Å². The van der Waals surface area contributed by atoms with Crippen LogP contribution < -0.4 is 10.1 Å². The first-order chi connectivity index (χ1) is 12.9. The topological polar surface area (TPSA) is 58.6 Å². The molecule has 2 aromatic rings. The van der Waals surface area contributed by atoms with Gasteiger partial charge in [0.15, 0.2) is 6.61 Å². The average Bonchev–Trinajstić information content (AvgIpc) is 2.66. The third-order valence-corrected chi connectivity index (χ3v) is 4.82. The summed E-state index contributed by atoms with van der Waals surface area (Å²) in [4.78, 5) is 26.7. The molecule has 2 aromatic carbocycles. The summed E-state index contributed by atoms with van der Waals surface area (Å²) < 4.78 is 6.56. The SMILES string of the molecule is CCNC(=O)C(C)N(Cc1ccccc1C)C(=O)COc1ccc(Br)cc1. The van der Waals surface area contributed by atoms with E-state index in [1.165, 1.54) is 0 Å². The van der Waals surface area contributed by atoms with E-state index in [9.17, 15) is 9.59 Å². The van der Waals surface area contributed by atoms with Gasteiger partial charge in [-0.1, -0.05) is 40.2 Å². The monoisotopic (exact) mass is 432 g/mol. The first kappa shape index (κ1) is 21.0. The maximum atomic E-state index is 12.9. The highest BCUT2D eigenvalue weighted by atomic mass is 79.9. The first-order valence-electron chi connectivity index (χ1n) is 8.92. The molecule has 0 aromatic heterocycles.